The zero-order valence-corrected chi connectivity index (χ0v) is 17.4. The molecular formula is C24H28N2O3. The van der Waals surface area contributed by atoms with Gasteiger partial charge in [0.25, 0.3) is 0 Å². The van der Waals surface area contributed by atoms with Crippen molar-refractivity contribution in [3.05, 3.63) is 64.5 Å². The van der Waals surface area contributed by atoms with E-state index in [0.29, 0.717) is 13.1 Å². The number of pyridine rings is 1. The van der Waals surface area contributed by atoms with Crippen molar-refractivity contribution in [2.24, 2.45) is 11.8 Å². The Labute approximate surface area is 172 Å². The van der Waals surface area contributed by atoms with E-state index in [9.17, 15) is 9.59 Å². The molecule has 1 amide bonds. The number of carbonyl (C=O) groups is 2. The van der Waals surface area contributed by atoms with Gasteiger partial charge in [-0.1, -0.05) is 29.8 Å². The number of carbonyl (C=O) groups excluding carboxylic acids is 2. The molecule has 2 heterocycles. The van der Waals surface area contributed by atoms with E-state index in [4.69, 9.17) is 9.72 Å². The van der Waals surface area contributed by atoms with Gasteiger partial charge in [0.05, 0.1) is 18.7 Å². The fourth-order valence-corrected chi connectivity index (χ4v) is 5.10. The number of amides is 1. The van der Waals surface area contributed by atoms with Crippen molar-refractivity contribution in [2.75, 3.05) is 20.2 Å². The highest BCUT2D eigenvalue weighted by Crippen LogP contribution is 2.44. The van der Waals surface area contributed by atoms with Crippen LogP contribution in [0.15, 0.2) is 36.5 Å². The monoisotopic (exact) mass is 392 g/mol. The first kappa shape index (κ1) is 19.6. The van der Waals surface area contributed by atoms with Crippen LogP contribution in [0.2, 0.25) is 0 Å². The van der Waals surface area contributed by atoms with Gasteiger partial charge in [0, 0.05) is 32.1 Å². The molecule has 0 N–H and O–H groups in total. The maximum absolute atomic E-state index is 12.8. The van der Waals surface area contributed by atoms with Crippen molar-refractivity contribution < 1.29 is 14.3 Å². The molecule has 2 aliphatic rings. The minimum atomic E-state index is -0.357. The molecule has 1 aliphatic carbocycles. The number of ether oxygens (including phenoxy) is 1. The summed E-state index contributed by atoms with van der Waals surface area (Å²) in [4.78, 5) is 31.3. The number of aromatic nitrogens is 1. The molecule has 4 rings (SSSR count). The lowest BCUT2D eigenvalue weighted by Gasteiger charge is -2.41. The minimum absolute atomic E-state index is 0.00719. The van der Waals surface area contributed by atoms with Crippen LogP contribution in [-0.2, 0) is 27.2 Å². The molecule has 5 nitrogen and oxygen atoms in total. The predicted molar refractivity (Wildman–Crippen MR) is 111 cm³/mol. The standard InChI is InChI=1S/C24H28N2O3/c1-15-6-9-19-18(13-15)8-7-17-5-4-11-25-23(17)22(19)20-10-12-26(16(2)27)14-21(20)24(28)29-3/h4-6,9,11,13,20-22H,7-8,10,12,14H2,1-3H3. The van der Waals surface area contributed by atoms with Crippen LogP contribution >= 0.6 is 0 Å². The third-order valence-electron chi connectivity index (χ3n) is 6.56. The molecule has 0 radical (unpaired) electrons. The molecule has 1 aromatic heterocycles. The highest BCUT2D eigenvalue weighted by Gasteiger charge is 2.43. The molecule has 0 spiro atoms. The summed E-state index contributed by atoms with van der Waals surface area (Å²) in [6.45, 7) is 4.75. The number of methoxy groups -OCH3 is 1. The predicted octanol–water partition coefficient (Wildman–Crippen LogP) is 3.28. The Hall–Kier alpha value is -2.69. The Morgan fingerprint density at radius 1 is 1.17 bits per heavy atom. The second-order valence-corrected chi connectivity index (χ2v) is 8.27. The van der Waals surface area contributed by atoms with Gasteiger partial charge in [0.1, 0.15) is 0 Å². The molecular weight excluding hydrogens is 364 g/mol. The third-order valence-corrected chi connectivity index (χ3v) is 6.56. The van der Waals surface area contributed by atoms with Crippen molar-refractivity contribution >= 4 is 11.9 Å². The lowest BCUT2D eigenvalue weighted by Crippen LogP contribution is -2.48. The van der Waals surface area contributed by atoms with E-state index in [-0.39, 0.29) is 29.6 Å². The van der Waals surface area contributed by atoms with E-state index in [2.05, 4.69) is 31.2 Å². The van der Waals surface area contributed by atoms with Gasteiger partial charge < -0.3 is 9.64 Å². The van der Waals surface area contributed by atoms with E-state index in [0.717, 1.165) is 25.0 Å². The molecule has 3 unspecified atom stereocenters. The number of benzene rings is 1. The molecule has 1 aromatic carbocycles. The van der Waals surface area contributed by atoms with Crippen LogP contribution in [0.1, 0.15) is 47.2 Å². The number of likely N-dealkylation sites (tertiary alicyclic amines) is 1. The van der Waals surface area contributed by atoms with Gasteiger partial charge in [0.15, 0.2) is 0 Å². The van der Waals surface area contributed by atoms with Gasteiger partial charge in [-0.3, -0.25) is 14.6 Å². The summed E-state index contributed by atoms with van der Waals surface area (Å²) >= 11 is 0. The fraction of sp³-hybridized carbons (Fsp3) is 0.458. The summed E-state index contributed by atoms with van der Waals surface area (Å²) in [6.07, 6.45) is 4.53. The molecule has 5 heteroatoms. The zero-order valence-electron chi connectivity index (χ0n) is 17.4. The number of nitrogens with zero attached hydrogens (tertiary/aromatic N) is 2. The molecule has 1 fully saturated rings. The van der Waals surface area contributed by atoms with E-state index >= 15 is 0 Å². The largest absolute Gasteiger partial charge is 0.469 e. The van der Waals surface area contributed by atoms with Crippen LogP contribution in [0.5, 0.6) is 0 Å². The summed E-state index contributed by atoms with van der Waals surface area (Å²) in [5.41, 5.74) is 6.18. The van der Waals surface area contributed by atoms with Crippen LogP contribution < -0.4 is 0 Å². The molecule has 3 atom stereocenters. The van der Waals surface area contributed by atoms with Gasteiger partial charge in [-0.05, 0) is 54.9 Å². The first-order chi connectivity index (χ1) is 14.0. The highest BCUT2D eigenvalue weighted by molar-refractivity contribution is 5.77. The Morgan fingerprint density at radius 2 is 1.97 bits per heavy atom. The fourth-order valence-electron chi connectivity index (χ4n) is 5.10. The quantitative estimate of drug-likeness (QED) is 0.736. The summed E-state index contributed by atoms with van der Waals surface area (Å²) in [5, 5.41) is 0. The van der Waals surface area contributed by atoms with Crippen LogP contribution in [-0.4, -0.2) is 42.0 Å². The summed E-state index contributed by atoms with van der Waals surface area (Å²) in [5.74, 6) is -0.511. The Bertz CT molecular complexity index is 939. The SMILES string of the molecule is COC(=O)C1CN(C(C)=O)CCC1C1c2ccc(C)cc2CCc2cccnc21. The summed E-state index contributed by atoms with van der Waals surface area (Å²) < 4.78 is 5.17. The zero-order chi connectivity index (χ0) is 20.5. The van der Waals surface area contributed by atoms with Crippen molar-refractivity contribution in [3.63, 3.8) is 0 Å². The molecule has 2 aromatic rings. The first-order valence-electron chi connectivity index (χ1n) is 10.4. The average Bonchev–Trinajstić information content (AvgIpc) is 2.89. The second-order valence-electron chi connectivity index (χ2n) is 8.27. The number of esters is 1. The number of aryl methyl sites for hydroxylation is 3. The van der Waals surface area contributed by atoms with Crippen molar-refractivity contribution in [1.29, 1.82) is 0 Å². The topological polar surface area (TPSA) is 59.5 Å². The molecule has 29 heavy (non-hydrogen) atoms. The Balaban J connectivity index is 1.83. The smallest absolute Gasteiger partial charge is 0.310 e. The number of fused-ring (bicyclic) bond motifs is 2. The van der Waals surface area contributed by atoms with E-state index < -0.39 is 0 Å². The van der Waals surface area contributed by atoms with Gasteiger partial charge in [-0.25, -0.2) is 0 Å². The van der Waals surface area contributed by atoms with Crippen LogP contribution in [0.3, 0.4) is 0 Å². The van der Waals surface area contributed by atoms with E-state index in [1.165, 1.54) is 29.4 Å². The van der Waals surface area contributed by atoms with Crippen molar-refractivity contribution in [2.45, 2.75) is 39.0 Å². The Morgan fingerprint density at radius 3 is 2.72 bits per heavy atom. The van der Waals surface area contributed by atoms with Gasteiger partial charge in [0.2, 0.25) is 5.91 Å². The molecule has 1 aliphatic heterocycles. The summed E-state index contributed by atoms with van der Waals surface area (Å²) in [6, 6.07) is 10.8. The minimum Gasteiger partial charge on any atom is -0.469 e. The van der Waals surface area contributed by atoms with Crippen molar-refractivity contribution in [1.82, 2.24) is 9.88 Å². The van der Waals surface area contributed by atoms with Gasteiger partial charge in [-0.2, -0.15) is 0 Å². The number of hydrogen-bond acceptors (Lipinski definition) is 4. The third kappa shape index (κ3) is 3.66. The molecule has 0 saturated carbocycles. The number of hydrogen-bond donors (Lipinski definition) is 0. The van der Waals surface area contributed by atoms with Crippen LogP contribution in [0.25, 0.3) is 0 Å². The van der Waals surface area contributed by atoms with E-state index in [1.807, 2.05) is 12.3 Å². The van der Waals surface area contributed by atoms with Crippen LogP contribution in [0.4, 0.5) is 0 Å². The average molecular weight is 392 g/mol. The lowest BCUT2D eigenvalue weighted by atomic mass is 9.71. The van der Waals surface area contributed by atoms with Gasteiger partial charge >= 0.3 is 5.97 Å². The lowest BCUT2D eigenvalue weighted by molar-refractivity contribution is -0.151. The van der Waals surface area contributed by atoms with Gasteiger partial charge in [-0.15, -0.1) is 0 Å². The number of piperidine rings is 1. The molecule has 0 bridgehead atoms. The normalized spacial score (nSPS) is 23.6. The summed E-state index contributed by atoms with van der Waals surface area (Å²) in [7, 11) is 1.43. The number of rotatable bonds is 2. The first-order valence-corrected chi connectivity index (χ1v) is 10.4. The van der Waals surface area contributed by atoms with E-state index in [1.54, 1.807) is 11.8 Å². The molecule has 1 saturated heterocycles. The molecule has 152 valence electrons. The maximum atomic E-state index is 12.8. The Kier molecular flexibility index (Phi) is 5.39. The van der Waals surface area contributed by atoms with Crippen molar-refractivity contribution in [3.8, 4) is 0 Å². The van der Waals surface area contributed by atoms with Crippen LogP contribution in [0, 0.1) is 18.8 Å². The highest BCUT2D eigenvalue weighted by atomic mass is 16.5. The maximum Gasteiger partial charge on any atom is 0.310 e. The second kappa shape index (κ2) is 7.97.